The molecule has 1 unspecified atom stereocenters. The normalized spacial score (nSPS) is 14.5. The summed E-state index contributed by atoms with van der Waals surface area (Å²) >= 11 is 4.29. The van der Waals surface area contributed by atoms with Gasteiger partial charge in [0, 0.05) is 9.35 Å². The highest BCUT2D eigenvalue weighted by Gasteiger charge is 2.24. The van der Waals surface area contributed by atoms with Crippen molar-refractivity contribution >= 4 is 37.4 Å². The molecule has 0 radical (unpaired) electrons. The van der Waals surface area contributed by atoms with Gasteiger partial charge >= 0.3 is 0 Å². The maximum Gasteiger partial charge on any atom is 0.297 e. The number of halogens is 1. The summed E-state index contributed by atoms with van der Waals surface area (Å²) in [4.78, 5) is 1.05. The van der Waals surface area contributed by atoms with Crippen molar-refractivity contribution in [2.24, 2.45) is 0 Å². The first kappa shape index (κ1) is 11.1. The Kier molecular flexibility index (Phi) is 3.13. The topological polar surface area (TPSA) is 74.6 Å². The van der Waals surface area contributed by atoms with Crippen LogP contribution in [0.15, 0.2) is 10.5 Å². The Balaban J connectivity index is 3.10. The number of thiophene rings is 1. The van der Waals surface area contributed by atoms with Crippen LogP contribution in [0.3, 0.4) is 0 Å². The average Bonchev–Trinajstić information content (AvgIpc) is 2.29. The van der Waals surface area contributed by atoms with Gasteiger partial charge in [-0.2, -0.15) is 8.42 Å². The second-order valence-corrected chi connectivity index (χ2v) is 6.04. The Morgan fingerprint density at radius 2 is 2.15 bits per heavy atom. The van der Waals surface area contributed by atoms with Crippen molar-refractivity contribution in [1.29, 1.82) is 0 Å². The van der Waals surface area contributed by atoms with Crippen LogP contribution in [0.1, 0.15) is 15.2 Å². The molecule has 7 heteroatoms. The number of aliphatic hydroxyl groups excluding tert-OH is 1. The molecule has 13 heavy (non-hydrogen) atoms. The fourth-order valence-corrected chi connectivity index (χ4v) is 3.05. The molecule has 0 aliphatic carbocycles. The first-order chi connectivity index (χ1) is 5.82. The molecule has 1 aromatic heterocycles. The molecule has 1 rings (SSSR count). The van der Waals surface area contributed by atoms with Gasteiger partial charge < -0.3 is 5.11 Å². The fraction of sp³-hybridized carbons (Fsp3) is 0.333. The van der Waals surface area contributed by atoms with Crippen molar-refractivity contribution in [3.8, 4) is 0 Å². The van der Waals surface area contributed by atoms with Gasteiger partial charge in [0.1, 0.15) is 0 Å². The molecule has 0 spiro atoms. The molecule has 0 bridgehead atoms. The fourth-order valence-electron chi connectivity index (χ4n) is 0.750. The van der Waals surface area contributed by atoms with Crippen molar-refractivity contribution < 1.29 is 18.1 Å². The highest BCUT2D eigenvalue weighted by atomic mass is 79.9. The van der Waals surface area contributed by atoms with Crippen LogP contribution in [0.25, 0.3) is 0 Å². The molecule has 74 valence electrons. The lowest BCUT2D eigenvalue weighted by atomic mass is 10.4. The van der Waals surface area contributed by atoms with E-state index in [1.807, 2.05) is 0 Å². The molecule has 0 aliphatic heterocycles. The maximum atomic E-state index is 10.5. The van der Waals surface area contributed by atoms with Crippen LogP contribution in [-0.2, 0) is 10.1 Å². The molecule has 0 saturated heterocycles. The lowest BCUT2D eigenvalue weighted by Crippen LogP contribution is -2.09. The zero-order valence-corrected chi connectivity index (χ0v) is 9.78. The highest BCUT2D eigenvalue weighted by Crippen LogP contribution is 2.32. The van der Waals surface area contributed by atoms with E-state index in [2.05, 4.69) is 15.9 Å². The first-order valence-electron chi connectivity index (χ1n) is 3.22. The van der Waals surface area contributed by atoms with Gasteiger partial charge in [-0.25, -0.2) is 0 Å². The molecular weight excluding hydrogens is 280 g/mol. The second kappa shape index (κ2) is 3.66. The third kappa shape index (κ3) is 2.50. The molecule has 1 heterocycles. The summed E-state index contributed by atoms with van der Waals surface area (Å²) in [5.41, 5.74) is -1.84. The van der Waals surface area contributed by atoms with Crippen LogP contribution >= 0.6 is 27.3 Å². The van der Waals surface area contributed by atoms with E-state index >= 15 is 0 Å². The number of hydrogen-bond acceptors (Lipinski definition) is 4. The van der Waals surface area contributed by atoms with Crippen LogP contribution in [0.5, 0.6) is 0 Å². The van der Waals surface area contributed by atoms with E-state index in [0.717, 1.165) is 20.7 Å². The average molecular weight is 287 g/mol. The Morgan fingerprint density at radius 1 is 1.62 bits per heavy atom. The predicted molar refractivity (Wildman–Crippen MR) is 53.3 cm³/mol. The van der Waals surface area contributed by atoms with Crippen molar-refractivity contribution in [3.05, 3.63) is 20.3 Å². The van der Waals surface area contributed by atoms with E-state index < -0.39 is 15.6 Å². The van der Waals surface area contributed by atoms with Crippen LogP contribution in [0.2, 0.25) is 0 Å². The van der Waals surface area contributed by atoms with Gasteiger partial charge in [0.15, 0.2) is 0 Å². The molecule has 2 N–H and O–H groups in total. The lowest BCUT2D eigenvalue weighted by Gasteiger charge is -2.02. The number of rotatable bonds is 2. The van der Waals surface area contributed by atoms with E-state index in [9.17, 15) is 8.42 Å². The standard InChI is InChI=1S/C6H7BrO4S2/c1-3-4(7)2-5(12-3)6(8)13(9,10)11/h2,6,8H,1H3,(H,9,10,11). The van der Waals surface area contributed by atoms with Gasteiger partial charge in [-0.05, 0) is 28.9 Å². The highest BCUT2D eigenvalue weighted by molar-refractivity contribution is 9.10. The van der Waals surface area contributed by atoms with E-state index in [4.69, 9.17) is 9.66 Å². The lowest BCUT2D eigenvalue weighted by molar-refractivity contribution is 0.242. The van der Waals surface area contributed by atoms with Crippen molar-refractivity contribution in [3.63, 3.8) is 0 Å². The van der Waals surface area contributed by atoms with Gasteiger partial charge in [-0.1, -0.05) is 0 Å². The van der Waals surface area contributed by atoms with Crippen molar-refractivity contribution in [2.75, 3.05) is 0 Å². The minimum absolute atomic E-state index is 0.201. The van der Waals surface area contributed by atoms with E-state index in [0.29, 0.717) is 0 Å². The number of aliphatic hydroxyl groups is 1. The first-order valence-corrected chi connectivity index (χ1v) is 6.34. The van der Waals surface area contributed by atoms with Gasteiger partial charge in [-0.3, -0.25) is 4.55 Å². The summed E-state index contributed by atoms with van der Waals surface area (Å²) in [5.74, 6) is 0. The van der Waals surface area contributed by atoms with Gasteiger partial charge in [0.05, 0.1) is 4.88 Å². The molecule has 4 nitrogen and oxygen atoms in total. The third-order valence-electron chi connectivity index (χ3n) is 1.40. The Morgan fingerprint density at radius 3 is 2.46 bits per heavy atom. The minimum Gasteiger partial charge on any atom is -0.371 e. The quantitative estimate of drug-likeness (QED) is 0.812. The molecule has 1 aromatic rings. The van der Waals surface area contributed by atoms with Gasteiger partial charge in [-0.15, -0.1) is 11.3 Å². The Hall–Kier alpha value is 0.0500. The van der Waals surface area contributed by atoms with Crippen molar-refractivity contribution in [1.82, 2.24) is 0 Å². The summed E-state index contributed by atoms with van der Waals surface area (Å²) in [7, 11) is -4.41. The van der Waals surface area contributed by atoms with Crippen LogP contribution < -0.4 is 0 Å². The zero-order chi connectivity index (χ0) is 10.2. The summed E-state index contributed by atoms with van der Waals surface area (Å²) in [6.07, 6.45) is 0. The van der Waals surface area contributed by atoms with Crippen molar-refractivity contribution in [2.45, 2.75) is 12.4 Å². The molecule has 1 atom stereocenters. The molecule has 0 aromatic carbocycles. The van der Waals surface area contributed by atoms with Crippen LogP contribution in [-0.4, -0.2) is 18.1 Å². The Labute approximate surface area is 88.1 Å². The third-order valence-corrected chi connectivity index (χ3v) is 4.56. The smallest absolute Gasteiger partial charge is 0.297 e. The Bertz CT molecular complexity index is 389. The molecule has 0 fully saturated rings. The maximum absolute atomic E-state index is 10.5. The zero-order valence-electron chi connectivity index (χ0n) is 6.56. The van der Waals surface area contributed by atoms with Gasteiger partial charge in [0.25, 0.3) is 10.1 Å². The summed E-state index contributed by atoms with van der Waals surface area (Å²) in [6.45, 7) is 1.77. The SMILES string of the molecule is Cc1sc(C(O)S(=O)(=O)O)cc1Br. The molecule has 0 amide bonds. The van der Waals surface area contributed by atoms with E-state index in [1.54, 1.807) is 6.92 Å². The summed E-state index contributed by atoms with van der Waals surface area (Å²) < 4.78 is 30.4. The largest absolute Gasteiger partial charge is 0.371 e. The second-order valence-electron chi connectivity index (χ2n) is 2.42. The minimum atomic E-state index is -4.41. The summed E-state index contributed by atoms with van der Waals surface area (Å²) in [6, 6.07) is 1.47. The van der Waals surface area contributed by atoms with E-state index in [-0.39, 0.29) is 4.88 Å². The van der Waals surface area contributed by atoms with Crippen LogP contribution in [0, 0.1) is 6.92 Å². The molecule has 0 saturated carbocycles. The van der Waals surface area contributed by atoms with Crippen LogP contribution in [0.4, 0.5) is 0 Å². The predicted octanol–water partition coefficient (Wildman–Crippen LogP) is 1.70. The van der Waals surface area contributed by atoms with Gasteiger partial charge in [0.2, 0.25) is 5.44 Å². The summed E-state index contributed by atoms with van der Waals surface area (Å²) in [5, 5.41) is 9.15. The molecule has 0 aliphatic rings. The molecular formula is C6H7BrO4S2. The number of hydrogen-bond donors (Lipinski definition) is 2. The van der Waals surface area contributed by atoms with E-state index in [1.165, 1.54) is 6.07 Å². The number of aryl methyl sites for hydroxylation is 1. The monoisotopic (exact) mass is 286 g/mol.